The van der Waals surface area contributed by atoms with Gasteiger partial charge in [0.25, 0.3) is 0 Å². The number of rotatable bonds is 6. The van der Waals surface area contributed by atoms with E-state index in [1.807, 2.05) is 11.9 Å². The lowest BCUT2D eigenvalue weighted by Crippen LogP contribution is -2.41. The third-order valence-corrected chi connectivity index (χ3v) is 4.69. The highest BCUT2D eigenvalue weighted by Crippen LogP contribution is 2.21. The van der Waals surface area contributed by atoms with E-state index in [4.69, 9.17) is 0 Å². The molecular weight excluding hydrogens is 272 g/mol. The fourth-order valence-electron chi connectivity index (χ4n) is 3.11. The van der Waals surface area contributed by atoms with Gasteiger partial charge in [-0.3, -0.25) is 9.69 Å². The van der Waals surface area contributed by atoms with Crippen LogP contribution in [-0.4, -0.2) is 42.4 Å². The molecule has 3 nitrogen and oxygen atoms in total. The molecule has 0 atom stereocenters. The van der Waals surface area contributed by atoms with Crippen LogP contribution in [0.3, 0.4) is 0 Å². The third-order valence-electron chi connectivity index (χ3n) is 4.69. The van der Waals surface area contributed by atoms with Gasteiger partial charge in [0.1, 0.15) is 0 Å². The number of benzene rings is 1. The Hall–Kier alpha value is -1.35. The van der Waals surface area contributed by atoms with Crippen molar-refractivity contribution in [2.75, 3.05) is 26.7 Å². The summed E-state index contributed by atoms with van der Waals surface area (Å²) in [5.74, 6) is 0.583. The van der Waals surface area contributed by atoms with Crippen molar-refractivity contribution < 1.29 is 4.79 Å². The van der Waals surface area contributed by atoms with Crippen molar-refractivity contribution in [2.45, 2.75) is 46.1 Å². The molecule has 1 aliphatic rings. The van der Waals surface area contributed by atoms with Crippen molar-refractivity contribution in [3.8, 4) is 0 Å². The molecule has 1 saturated heterocycles. The number of likely N-dealkylation sites (tertiary alicyclic amines) is 1. The quantitative estimate of drug-likeness (QED) is 0.803. The van der Waals surface area contributed by atoms with E-state index < -0.39 is 0 Å². The van der Waals surface area contributed by atoms with E-state index in [9.17, 15) is 4.79 Å². The Kier molecular flexibility index (Phi) is 6.44. The lowest BCUT2D eigenvalue weighted by molar-refractivity contribution is -0.135. The summed E-state index contributed by atoms with van der Waals surface area (Å²) in [6.07, 6.45) is 4.25. The minimum absolute atomic E-state index is 0.233. The van der Waals surface area contributed by atoms with Gasteiger partial charge in [0, 0.05) is 26.1 Å². The molecule has 1 aromatic rings. The molecule has 1 heterocycles. The molecule has 0 radical (unpaired) electrons. The molecule has 1 aliphatic heterocycles. The molecule has 0 N–H and O–H groups in total. The van der Waals surface area contributed by atoms with Gasteiger partial charge in [0.15, 0.2) is 0 Å². The van der Waals surface area contributed by atoms with Crippen molar-refractivity contribution in [1.29, 1.82) is 0 Å². The molecular formula is C19H30N2O. The number of amides is 1. The molecule has 0 aromatic heterocycles. The van der Waals surface area contributed by atoms with Crippen molar-refractivity contribution >= 4 is 5.91 Å². The second-order valence-corrected chi connectivity index (χ2v) is 6.65. The maximum Gasteiger partial charge on any atom is 0.225 e. The molecule has 0 unspecified atom stereocenters. The largest absolute Gasteiger partial charge is 0.346 e. The highest BCUT2D eigenvalue weighted by molar-refractivity contribution is 5.78. The first-order valence-electron chi connectivity index (χ1n) is 8.63. The first-order valence-corrected chi connectivity index (χ1v) is 8.63. The molecule has 1 amide bonds. The molecule has 0 aliphatic carbocycles. The van der Waals surface area contributed by atoms with E-state index in [0.29, 0.717) is 5.91 Å². The van der Waals surface area contributed by atoms with Gasteiger partial charge in [0.05, 0.1) is 0 Å². The minimum atomic E-state index is 0.233. The van der Waals surface area contributed by atoms with Crippen LogP contribution in [0.1, 0.15) is 43.7 Å². The van der Waals surface area contributed by atoms with Crippen LogP contribution in [0.5, 0.6) is 0 Å². The number of piperidine rings is 1. The van der Waals surface area contributed by atoms with Gasteiger partial charge in [-0.1, -0.05) is 43.2 Å². The number of hydrogen-bond donors (Lipinski definition) is 0. The molecule has 1 fully saturated rings. The SMILES string of the molecule is CCCCN(C)C(=O)C1CCN(Cc2ccc(C)cc2)CC1. The summed E-state index contributed by atoms with van der Waals surface area (Å²) < 4.78 is 0. The standard InChI is InChI=1S/C19H30N2O/c1-4-5-12-20(3)19(22)18-10-13-21(14-11-18)15-17-8-6-16(2)7-9-17/h6-9,18H,4-5,10-15H2,1-3H3. The van der Waals surface area contributed by atoms with Gasteiger partial charge in [-0.25, -0.2) is 0 Å². The summed E-state index contributed by atoms with van der Waals surface area (Å²) in [5, 5.41) is 0. The van der Waals surface area contributed by atoms with E-state index in [1.165, 1.54) is 11.1 Å². The van der Waals surface area contributed by atoms with E-state index in [2.05, 4.69) is 43.0 Å². The zero-order valence-electron chi connectivity index (χ0n) is 14.3. The van der Waals surface area contributed by atoms with Gasteiger partial charge >= 0.3 is 0 Å². The topological polar surface area (TPSA) is 23.6 Å². The van der Waals surface area contributed by atoms with E-state index >= 15 is 0 Å². The van der Waals surface area contributed by atoms with E-state index in [-0.39, 0.29) is 5.92 Å². The zero-order valence-corrected chi connectivity index (χ0v) is 14.3. The first kappa shape index (κ1) is 17.0. The highest BCUT2D eigenvalue weighted by atomic mass is 16.2. The minimum Gasteiger partial charge on any atom is -0.346 e. The van der Waals surface area contributed by atoms with Crippen LogP contribution in [0, 0.1) is 12.8 Å². The Morgan fingerprint density at radius 2 is 1.86 bits per heavy atom. The van der Waals surface area contributed by atoms with Crippen LogP contribution in [0.15, 0.2) is 24.3 Å². The molecule has 0 saturated carbocycles. The van der Waals surface area contributed by atoms with Gasteiger partial charge in [-0.2, -0.15) is 0 Å². The molecule has 3 heteroatoms. The fourth-order valence-corrected chi connectivity index (χ4v) is 3.11. The first-order chi connectivity index (χ1) is 10.6. The lowest BCUT2D eigenvalue weighted by Gasteiger charge is -2.33. The predicted molar refractivity (Wildman–Crippen MR) is 91.7 cm³/mol. The summed E-state index contributed by atoms with van der Waals surface area (Å²) >= 11 is 0. The van der Waals surface area contributed by atoms with Gasteiger partial charge < -0.3 is 4.90 Å². The number of hydrogen-bond acceptors (Lipinski definition) is 2. The zero-order chi connectivity index (χ0) is 15.9. The lowest BCUT2D eigenvalue weighted by atomic mass is 9.95. The Balaban J connectivity index is 1.77. The number of carbonyl (C=O) groups excluding carboxylic acids is 1. The number of unbranched alkanes of at least 4 members (excludes halogenated alkanes) is 1. The van der Waals surface area contributed by atoms with Crippen molar-refractivity contribution in [3.05, 3.63) is 35.4 Å². The summed E-state index contributed by atoms with van der Waals surface area (Å²) in [6.45, 7) is 8.27. The Labute approximate surface area is 135 Å². The summed E-state index contributed by atoms with van der Waals surface area (Å²) in [4.78, 5) is 16.8. The number of nitrogens with zero attached hydrogens (tertiary/aromatic N) is 2. The smallest absolute Gasteiger partial charge is 0.225 e. The second kappa shape index (κ2) is 8.33. The maximum atomic E-state index is 12.4. The van der Waals surface area contributed by atoms with E-state index in [1.54, 1.807) is 0 Å². The van der Waals surface area contributed by atoms with Gasteiger partial charge in [-0.15, -0.1) is 0 Å². The molecule has 0 bridgehead atoms. The number of carbonyl (C=O) groups is 1. The molecule has 1 aromatic carbocycles. The fraction of sp³-hybridized carbons (Fsp3) is 0.632. The van der Waals surface area contributed by atoms with Gasteiger partial charge in [-0.05, 0) is 44.8 Å². The van der Waals surface area contributed by atoms with Crippen molar-refractivity contribution in [3.63, 3.8) is 0 Å². The van der Waals surface area contributed by atoms with Crippen LogP contribution in [0.2, 0.25) is 0 Å². The van der Waals surface area contributed by atoms with Crippen LogP contribution in [0.4, 0.5) is 0 Å². The van der Waals surface area contributed by atoms with Crippen LogP contribution in [-0.2, 0) is 11.3 Å². The molecule has 0 spiro atoms. The Bertz CT molecular complexity index is 461. The molecule has 2 rings (SSSR count). The van der Waals surface area contributed by atoms with Crippen LogP contribution < -0.4 is 0 Å². The van der Waals surface area contributed by atoms with Crippen LogP contribution >= 0.6 is 0 Å². The van der Waals surface area contributed by atoms with Crippen molar-refractivity contribution in [2.24, 2.45) is 5.92 Å². The monoisotopic (exact) mass is 302 g/mol. The molecule has 122 valence electrons. The van der Waals surface area contributed by atoms with Crippen LogP contribution in [0.25, 0.3) is 0 Å². The Morgan fingerprint density at radius 1 is 1.23 bits per heavy atom. The Morgan fingerprint density at radius 3 is 2.45 bits per heavy atom. The summed E-state index contributed by atoms with van der Waals surface area (Å²) in [7, 11) is 1.96. The normalized spacial score (nSPS) is 16.7. The second-order valence-electron chi connectivity index (χ2n) is 6.65. The summed E-state index contributed by atoms with van der Waals surface area (Å²) in [5.41, 5.74) is 2.68. The van der Waals surface area contributed by atoms with E-state index in [0.717, 1.165) is 51.9 Å². The number of aryl methyl sites for hydroxylation is 1. The summed E-state index contributed by atoms with van der Waals surface area (Å²) in [6, 6.07) is 8.78. The average molecular weight is 302 g/mol. The predicted octanol–water partition coefficient (Wildman–Crippen LogP) is 3.47. The maximum absolute atomic E-state index is 12.4. The molecule has 22 heavy (non-hydrogen) atoms. The third kappa shape index (κ3) is 4.84. The van der Waals surface area contributed by atoms with Crippen molar-refractivity contribution in [1.82, 2.24) is 9.80 Å². The highest BCUT2D eigenvalue weighted by Gasteiger charge is 2.26. The van der Waals surface area contributed by atoms with Gasteiger partial charge in [0.2, 0.25) is 5.91 Å². The average Bonchev–Trinajstić information content (AvgIpc) is 2.55.